The number of amides is 1. The Labute approximate surface area is 136 Å². The number of nitrogens with zero attached hydrogens (tertiary/aromatic N) is 1. The lowest BCUT2D eigenvalue weighted by atomic mass is 10.1. The average molecular weight is 332 g/mol. The second kappa shape index (κ2) is 6.83. The zero-order chi connectivity index (χ0) is 17.0. The van der Waals surface area contributed by atoms with Crippen molar-refractivity contribution < 1.29 is 13.2 Å². The maximum Gasteiger partial charge on any atom is 0.228 e. The van der Waals surface area contributed by atoms with E-state index in [1.54, 1.807) is 18.2 Å². The van der Waals surface area contributed by atoms with Crippen LogP contribution >= 0.6 is 0 Å². The molecule has 5 nitrogen and oxygen atoms in total. The van der Waals surface area contributed by atoms with Crippen molar-refractivity contribution in [3.8, 4) is 0 Å². The summed E-state index contributed by atoms with van der Waals surface area (Å²) in [5.41, 5.74) is 2.21. The molecule has 23 heavy (non-hydrogen) atoms. The fourth-order valence-electron chi connectivity index (χ4n) is 2.23. The predicted molar refractivity (Wildman–Crippen MR) is 92.7 cm³/mol. The van der Waals surface area contributed by atoms with Gasteiger partial charge >= 0.3 is 0 Å². The molecule has 0 saturated carbocycles. The van der Waals surface area contributed by atoms with E-state index in [9.17, 15) is 13.2 Å². The molecule has 0 fully saturated rings. The Bertz CT molecular complexity index is 797. The molecule has 122 valence electrons. The highest BCUT2D eigenvalue weighted by Gasteiger charge is 2.15. The van der Waals surface area contributed by atoms with Crippen LogP contribution in [0, 0.1) is 0 Å². The molecule has 0 atom stereocenters. The van der Waals surface area contributed by atoms with Crippen molar-refractivity contribution in [3.05, 3.63) is 54.1 Å². The van der Waals surface area contributed by atoms with Gasteiger partial charge in [0.05, 0.1) is 11.3 Å². The molecule has 1 N–H and O–H groups in total. The number of rotatable bonds is 5. The van der Waals surface area contributed by atoms with Gasteiger partial charge in [0.25, 0.3) is 0 Å². The van der Waals surface area contributed by atoms with Crippen molar-refractivity contribution in [1.29, 1.82) is 0 Å². The van der Waals surface area contributed by atoms with Gasteiger partial charge in [0.1, 0.15) is 0 Å². The van der Waals surface area contributed by atoms with Crippen LogP contribution in [0.1, 0.15) is 5.56 Å². The lowest BCUT2D eigenvalue weighted by Crippen LogP contribution is -2.16. The van der Waals surface area contributed by atoms with E-state index >= 15 is 0 Å². The summed E-state index contributed by atoms with van der Waals surface area (Å²) in [5, 5.41) is 2.78. The maximum absolute atomic E-state index is 12.2. The number of hydrogen-bond acceptors (Lipinski definition) is 4. The smallest absolute Gasteiger partial charge is 0.228 e. The summed E-state index contributed by atoms with van der Waals surface area (Å²) in [6.07, 6.45) is 1.16. The summed E-state index contributed by atoms with van der Waals surface area (Å²) in [6.45, 7) is 0. The molecular weight excluding hydrogens is 312 g/mol. The Morgan fingerprint density at radius 3 is 2.22 bits per heavy atom. The molecule has 0 heterocycles. The fraction of sp³-hybridized carbons (Fsp3) is 0.235. The first-order chi connectivity index (χ1) is 10.8. The monoisotopic (exact) mass is 332 g/mol. The second-order valence-corrected chi connectivity index (χ2v) is 7.53. The van der Waals surface area contributed by atoms with E-state index in [-0.39, 0.29) is 17.2 Å². The average Bonchev–Trinajstić information content (AvgIpc) is 2.47. The number of carbonyl (C=O) groups is 1. The van der Waals surface area contributed by atoms with E-state index in [4.69, 9.17) is 0 Å². The molecule has 0 aliphatic rings. The molecule has 0 aliphatic carbocycles. The van der Waals surface area contributed by atoms with Gasteiger partial charge in [0.2, 0.25) is 5.91 Å². The molecule has 0 aromatic heterocycles. The van der Waals surface area contributed by atoms with Crippen molar-refractivity contribution in [2.24, 2.45) is 0 Å². The molecule has 2 aromatic carbocycles. The fourth-order valence-corrected chi connectivity index (χ4v) is 3.17. The standard InChI is InChI=1S/C17H20N2O3S/c1-19(2)15-10-8-14(9-11-15)18-17(20)12-13-6-4-5-7-16(13)23(3,21)22/h4-11H,12H2,1-3H3,(H,18,20). The van der Waals surface area contributed by atoms with Gasteiger partial charge in [-0.05, 0) is 35.9 Å². The van der Waals surface area contributed by atoms with Gasteiger partial charge in [-0.1, -0.05) is 18.2 Å². The molecule has 0 saturated heterocycles. The Morgan fingerprint density at radius 1 is 1.04 bits per heavy atom. The molecule has 6 heteroatoms. The first-order valence-electron chi connectivity index (χ1n) is 7.12. The van der Waals surface area contributed by atoms with Gasteiger partial charge < -0.3 is 10.2 Å². The molecule has 1 amide bonds. The Balaban J connectivity index is 2.11. The maximum atomic E-state index is 12.2. The normalized spacial score (nSPS) is 11.1. The number of nitrogens with one attached hydrogen (secondary N) is 1. The Kier molecular flexibility index (Phi) is 5.05. The van der Waals surface area contributed by atoms with E-state index in [1.165, 1.54) is 6.07 Å². The van der Waals surface area contributed by atoms with Crippen molar-refractivity contribution in [1.82, 2.24) is 0 Å². The zero-order valence-corrected chi connectivity index (χ0v) is 14.2. The van der Waals surface area contributed by atoms with Crippen LogP contribution in [-0.2, 0) is 21.1 Å². The van der Waals surface area contributed by atoms with Gasteiger partial charge in [0.15, 0.2) is 9.84 Å². The Morgan fingerprint density at radius 2 is 1.65 bits per heavy atom. The molecule has 2 aromatic rings. The highest BCUT2D eigenvalue weighted by molar-refractivity contribution is 7.90. The van der Waals surface area contributed by atoms with Crippen LogP contribution in [0.5, 0.6) is 0 Å². The summed E-state index contributed by atoms with van der Waals surface area (Å²) >= 11 is 0. The van der Waals surface area contributed by atoms with Crippen LogP contribution in [0.3, 0.4) is 0 Å². The van der Waals surface area contributed by atoms with E-state index in [2.05, 4.69) is 5.32 Å². The van der Waals surface area contributed by atoms with E-state index in [0.29, 0.717) is 11.3 Å². The third kappa shape index (κ3) is 4.56. The SMILES string of the molecule is CN(C)c1ccc(NC(=O)Cc2ccccc2S(C)(=O)=O)cc1. The summed E-state index contributed by atoms with van der Waals surface area (Å²) < 4.78 is 23.5. The summed E-state index contributed by atoms with van der Waals surface area (Å²) in [5.74, 6) is -0.251. The summed E-state index contributed by atoms with van der Waals surface area (Å²) in [7, 11) is 0.528. The van der Waals surface area contributed by atoms with Gasteiger partial charge in [-0.3, -0.25) is 4.79 Å². The van der Waals surface area contributed by atoms with Crippen LogP contribution in [0.15, 0.2) is 53.4 Å². The molecule has 0 bridgehead atoms. The van der Waals surface area contributed by atoms with E-state index in [0.717, 1.165) is 11.9 Å². The van der Waals surface area contributed by atoms with Crippen molar-refractivity contribution in [3.63, 3.8) is 0 Å². The molecule has 2 rings (SSSR count). The highest BCUT2D eigenvalue weighted by Crippen LogP contribution is 2.18. The number of anilines is 2. The van der Waals surface area contributed by atoms with E-state index < -0.39 is 9.84 Å². The Hall–Kier alpha value is -2.34. The lowest BCUT2D eigenvalue weighted by molar-refractivity contribution is -0.115. The van der Waals surface area contributed by atoms with Crippen LogP contribution in [0.4, 0.5) is 11.4 Å². The topological polar surface area (TPSA) is 66.5 Å². The number of sulfone groups is 1. The van der Waals surface area contributed by atoms with Crippen molar-refractivity contribution in [2.75, 3.05) is 30.6 Å². The minimum atomic E-state index is -3.35. The summed E-state index contributed by atoms with van der Waals surface area (Å²) in [4.78, 5) is 14.3. The molecular formula is C17H20N2O3S. The van der Waals surface area contributed by atoms with E-state index in [1.807, 2.05) is 43.3 Å². The van der Waals surface area contributed by atoms with Crippen molar-refractivity contribution in [2.45, 2.75) is 11.3 Å². The van der Waals surface area contributed by atoms with Crippen LogP contribution in [0.25, 0.3) is 0 Å². The van der Waals surface area contributed by atoms with Gasteiger partial charge in [-0.2, -0.15) is 0 Å². The predicted octanol–water partition coefficient (Wildman–Crippen LogP) is 2.34. The van der Waals surface area contributed by atoms with Crippen LogP contribution in [0.2, 0.25) is 0 Å². The molecule has 0 aliphatic heterocycles. The van der Waals surface area contributed by atoms with Gasteiger partial charge in [-0.25, -0.2) is 8.42 Å². The first kappa shape index (κ1) is 17.0. The van der Waals surface area contributed by atoms with Gasteiger partial charge in [-0.15, -0.1) is 0 Å². The minimum Gasteiger partial charge on any atom is -0.378 e. The number of hydrogen-bond donors (Lipinski definition) is 1. The number of benzene rings is 2. The number of carbonyl (C=O) groups excluding carboxylic acids is 1. The lowest BCUT2D eigenvalue weighted by Gasteiger charge is -2.13. The highest BCUT2D eigenvalue weighted by atomic mass is 32.2. The summed E-state index contributed by atoms with van der Waals surface area (Å²) in [6, 6.07) is 14.0. The third-order valence-corrected chi connectivity index (χ3v) is 4.59. The molecule has 0 radical (unpaired) electrons. The molecule has 0 spiro atoms. The quantitative estimate of drug-likeness (QED) is 0.913. The van der Waals surface area contributed by atoms with Crippen LogP contribution in [-0.4, -0.2) is 34.7 Å². The van der Waals surface area contributed by atoms with Gasteiger partial charge in [0, 0.05) is 31.7 Å². The molecule has 0 unspecified atom stereocenters. The second-order valence-electron chi connectivity index (χ2n) is 5.55. The zero-order valence-electron chi connectivity index (χ0n) is 13.4. The first-order valence-corrected chi connectivity index (χ1v) is 9.02. The van der Waals surface area contributed by atoms with Crippen molar-refractivity contribution >= 4 is 27.1 Å². The minimum absolute atomic E-state index is 0.0126. The third-order valence-electron chi connectivity index (χ3n) is 3.39. The largest absolute Gasteiger partial charge is 0.378 e. The van der Waals surface area contributed by atoms with Crippen LogP contribution < -0.4 is 10.2 Å².